The summed E-state index contributed by atoms with van der Waals surface area (Å²) >= 11 is 0. The SMILES string of the molecule is C1=CC(c2cccc3ccccc23)CC=C1N(c1cccc(-c2ccccc2)c1)c1cccc2oc3cc4cccnc4cc3c12. The number of fused-ring (bicyclic) bond motifs is 5. The second kappa shape index (κ2) is 10.9. The fraction of sp³-hybridized carbons (Fsp3) is 0.0465. The fourth-order valence-electron chi connectivity index (χ4n) is 7.02. The zero-order valence-corrected chi connectivity index (χ0v) is 25.2. The van der Waals surface area contributed by atoms with Gasteiger partial charge in [0, 0.05) is 34.3 Å². The maximum absolute atomic E-state index is 6.49. The van der Waals surface area contributed by atoms with E-state index in [1.165, 1.54) is 27.5 Å². The highest BCUT2D eigenvalue weighted by molar-refractivity contribution is 6.15. The first kappa shape index (κ1) is 26.5. The molecule has 3 nitrogen and oxygen atoms in total. The molecule has 218 valence electrons. The zero-order valence-electron chi connectivity index (χ0n) is 25.2. The first-order valence-corrected chi connectivity index (χ1v) is 15.8. The number of nitrogens with zero attached hydrogens (tertiary/aromatic N) is 2. The summed E-state index contributed by atoms with van der Waals surface area (Å²) in [5.74, 6) is 0.301. The Hall–Kier alpha value is -5.93. The number of anilines is 2. The third kappa shape index (κ3) is 4.48. The molecule has 2 aromatic heterocycles. The standard InChI is InChI=1S/C43H30N2O/c1-2-10-29(11-3-1)32-14-6-16-35(26-32)45(34-23-21-31(22-24-34)37-18-7-13-30-12-4-5-17-36(30)37)40-19-8-20-41-43(40)38-28-39-33(15-9-25-44-39)27-42(38)46-41/h1-21,23-28,31H,22H2. The Labute approximate surface area is 267 Å². The van der Waals surface area contributed by atoms with Crippen LogP contribution in [0.3, 0.4) is 0 Å². The molecule has 0 saturated heterocycles. The van der Waals surface area contributed by atoms with Crippen LogP contribution in [0.2, 0.25) is 0 Å². The smallest absolute Gasteiger partial charge is 0.137 e. The van der Waals surface area contributed by atoms with E-state index in [4.69, 9.17) is 4.42 Å². The molecule has 46 heavy (non-hydrogen) atoms. The molecule has 0 radical (unpaired) electrons. The van der Waals surface area contributed by atoms with Gasteiger partial charge >= 0.3 is 0 Å². The Morgan fingerprint density at radius 2 is 1.43 bits per heavy atom. The molecule has 3 heteroatoms. The third-order valence-corrected chi connectivity index (χ3v) is 9.21. The van der Waals surface area contributed by atoms with Crippen LogP contribution in [0.25, 0.3) is 54.7 Å². The largest absolute Gasteiger partial charge is 0.456 e. The van der Waals surface area contributed by atoms with Crippen molar-refractivity contribution in [2.45, 2.75) is 12.3 Å². The predicted octanol–water partition coefficient (Wildman–Crippen LogP) is 11.7. The molecule has 0 aliphatic heterocycles. The summed E-state index contributed by atoms with van der Waals surface area (Å²) in [5, 5.41) is 5.82. The number of aromatic nitrogens is 1. The summed E-state index contributed by atoms with van der Waals surface area (Å²) < 4.78 is 6.49. The van der Waals surface area contributed by atoms with E-state index < -0.39 is 0 Å². The molecular formula is C43H30N2O. The molecule has 0 spiro atoms. The lowest BCUT2D eigenvalue weighted by atomic mass is 9.88. The lowest BCUT2D eigenvalue weighted by Gasteiger charge is -2.30. The minimum atomic E-state index is 0.301. The van der Waals surface area contributed by atoms with Crippen LogP contribution in [0.5, 0.6) is 0 Å². The Bertz CT molecular complexity index is 2460. The van der Waals surface area contributed by atoms with Gasteiger partial charge < -0.3 is 9.32 Å². The molecule has 0 N–H and O–H groups in total. The van der Waals surface area contributed by atoms with E-state index in [1.807, 2.05) is 12.3 Å². The van der Waals surface area contributed by atoms with Crippen LogP contribution in [0, 0.1) is 0 Å². The predicted molar refractivity (Wildman–Crippen MR) is 192 cm³/mol. The quantitative estimate of drug-likeness (QED) is 0.200. The Kier molecular flexibility index (Phi) is 6.27. The number of furan rings is 1. The van der Waals surface area contributed by atoms with E-state index >= 15 is 0 Å². The molecular weight excluding hydrogens is 560 g/mol. The fourth-order valence-corrected chi connectivity index (χ4v) is 7.02. The topological polar surface area (TPSA) is 29.3 Å². The number of allylic oxidation sites excluding steroid dienone is 3. The van der Waals surface area contributed by atoms with Crippen LogP contribution < -0.4 is 4.90 Å². The second-order valence-electron chi connectivity index (χ2n) is 11.9. The monoisotopic (exact) mass is 590 g/mol. The van der Waals surface area contributed by atoms with Crippen LogP contribution in [0.1, 0.15) is 17.9 Å². The van der Waals surface area contributed by atoms with Gasteiger partial charge in [-0.2, -0.15) is 0 Å². The molecule has 0 amide bonds. The van der Waals surface area contributed by atoms with Gasteiger partial charge in [0.2, 0.25) is 0 Å². The lowest BCUT2D eigenvalue weighted by molar-refractivity contribution is 0.669. The van der Waals surface area contributed by atoms with Gasteiger partial charge in [-0.3, -0.25) is 4.98 Å². The van der Waals surface area contributed by atoms with Crippen molar-refractivity contribution < 1.29 is 4.42 Å². The van der Waals surface area contributed by atoms with E-state index in [0.717, 1.165) is 56.3 Å². The van der Waals surface area contributed by atoms with Crippen LogP contribution >= 0.6 is 0 Å². The molecule has 9 rings (SSSR count). The van der Waals surface area contributed by atoms with Gasteiger partial charge in [-0.25, -0.2) is 0 Å². The molecule has 2 heterocycles. The summed E-state index contributed by atoms with van der Waals surface area (Å²) in [7, 11) is 0. The molecule has 0 bridgehead atoms. The van der Waals surface area contributed by atoms with E-state index in [9.17, 15) is 0 Å². The van der Waals surface area contributed by atoms with Gasteiger partial charge in [-0.15, -0.1) is 0 Å². The van der Waals surface area contributed by atoms with Crippen molar-refractivity contribution in [2.24, 2.45) is 0 Å². The zero-order chi connectivity index (χ0) is 30.5. The lowest BCUT2D eigenvalue weighted by Crippen LogP contribution is -2.17. The molecule has 0 saturated carbocycles. The van der Waals surface area contributed by atoms with Gasteiger partial charge in [0.15, 0.2) is 0 Å². The number of rotatable bonds is 5. The average Bonchev–Trinajstić information content (AvgIpc) is 3.49. The Morgan fingerprint density at radius 1 is 0.630 bits per heavy atom. The molecule has 6 aromatic carbocycles. The number of hydrogen-bond donors (Lipinski definition) is 0. The van der Waals surface area contributed by atoms with Crippen molar-refractivity contribution in [2.75, 3.05) is 4.90 Å². The van der Waals surface area contributed by atoms with E-state index in [1.54, 1.807) is 0 Å². The highest BCUT2D eigenvalue weighted by Gasteiger charge is 2.23. The van der Waals surface area contributed by atoms with Gasteiger partial charge in [-0.05, 0) is 82.4 Å². The first-order chi connectivity index (χ1) is 22.8. The summed E-state index contributed by atoms with van der Waals surface area (Å²) in [6.45, 7) is 0. The van der Waals surface area contributed by atoms with Crippen LogP contribution in [-0.2, 0) is 0 Å². The van der Waals surface area contributed by atoms with Crippen LogP contribution in [-0.4, -0.2) is 4.98 Å². The normalized spacial score (nSPS) is 14.7. The van der Waals surface area contributed by atoms with Crippen molar-refractivity contribution >= 4 is 55.0 Å². The van der Waals surface area contributed by atoms with Crippen LogP contribution in [0.4, 0.5) is 11.4 Å². The Morgan fingerprint density at radius 3 is 2.35 bits per heavy atom. The summed E-state index contributed by atoms with van der Waals surface area (Å²) in [5.41, 5.74) is 9.74. The molecule has 1 aliphatic carbocycles. The van der Waals surface area contributed by atoms with E-state index in [2.05, 4.69) is 162 Å². The van der Waals surface area contributed by atoms with Crippen LogP contribution in [0.15, 0.2) is 174 Å². The van der Waals surface area contributed by atoms with Gasteiger partial charge in [0.05, 0.1) is 16.6 Å². The third-order valence-electron chi connectivity index (χ3n) is 9.21. The number of pyridine rings is 1. The second-order valence-corrected chi connectivity index (χ2v) is 11.9. The molecule has 1 aliphatic rings. The maximum atomic E-state index is 6.49. The molecule has 1 atom stereocenters. The van der Waals surface area contributed by atoms with Gasteiger partial charge in [0.1, 0.15) is 11.2 Å². The van der Waals surface area contributed by atoms with Crippen molar-refractivity contribution in [1.29, 1.82) is 0 Å². The molecule has 1 unspecified atom stereocenters. The number of hydrogen-bond acceptors (Lipinski definition) is 3. The van der Waals surface area contributed by atoms with E-state index in [-0.39, 0.29) is 0 Å². The average molecular weight is 591 g/mol. The van der Waals surface area contributed by atoms with Gasteiger partial charge in [0.25, 0.3) is 0 Å². The van der Waals surface area contributed by atoms with Crippen molar-refractivity contribution in [1.82, 2.24) is 4.98 Å². The molecule has 8 aromatic rings. The van der Waals surface area contributed by atoms with Crippen molar-refractivity contribution in [3.05, 3.63) is 175 Å². The minimum absolute atomic E-state index is 0.301. The maximum Gasteiger partial charge on any atom is 0.137 e. The summed E-state index contributed by atoms with van der Waals surface area (Å²) in [6.07, 6.45) is 9.81. The summed E-state index contributed by atoms with van der Waals surface area (Å²) in [6, 6.07) is 49.4. The number of benzene rings is 6. The highest BCUT2D eigenvalue weighted by Crippen LogP contribution is 2.44. The van der Waals surface area contributed by atoms with Crippen molar-refractivity contribution in [3.63, 3.8) is 0 Å². The molecule has 0 fully saturated rings. The van der Waals surface area contributed by atoms with Crippen molar-refractivity contribution in [3.8, 4) is 11.1 Å². The Balaban J connectivity index is 1.22. The summed E-state index contributed by atoms with van der Waals surface area (Å²) in [4.78, 5) is 7.06. The van der Waals surface area contributed by atoms with E-state index in [0.29, 0.717) is 5.92 Å². The first-order valence-electron chi connectivity index (χ1n) is 15.8. The van der Waals surface area contributed by atoms with Gasteiger partial charge in [-0.1, -0.05) is 109 Å². The minimum Gasteiger partial charge on any atom is -0.456 e. The highest BCUT2D eigenvalue weighted by atomic mass is 16.3.